The van der Waals surface area contributed by atoms with Crippen molar-refractivity contribution in [3.05, 3.63) is 34.9 Å². The van der Waals surface area contributed by atoms with Crippen LogP contribution in [-0.4, -0.2) is 71.8 Å². The number of amides is 3. The first-order valence-corrected chi connectivity index (χ1v) is 11.1. The SMILES string of the molecule is COC(=O)CNC(=O)C(c1cc(C)cc(C)c1)N(C(=O)C(CO)NC(=O)OC(C)(C)C)C(C)C. The zero-order chi connectivity index (χ0) is 26.2. The van der Waals surface area contributed by atoms with Crippen molar-refractivity contribution in [3.8, 4) is 0 Å². The molecule has 0 saturated carbocycles. The second-order valence-electron chi connectivity index (χ2n) is 9.34. The first-order valence-electron chi connectivity index (χ1n) is 11.1. The molecule has 34 heavy (non-hydrogen) atoms. The second kappa shape index (κ2) is 12.4. The molecular weight excluding hydrogens is 442 g/mol. The number of nitrogens with one attached hydrogen (secondary N) is 2. The minimum absolute atomic E-state index is 0.379. The van der Waals surface area contributed by atoms with Gasteiger partial charge in [0.25, 0.3) is 0 Å². The van der Waals surface area contributed by atoms with Crippen molar-refractivity contribution in [2.75, 3.05) is 20.3 Å². The van der Waals surface area contributed by atoms with Crippen molar-refractivity contribution >= 4 is 23.9 Å². The standard InChI is InChI=1S/C24H37N3O7/c1-14(2)27(22(31)18(13-28)26-23(32)34-24(5,6)7)20(21(30)25-12-19(29)33-8)17-10-15(3)9-16(4)11-17/h9-11,14,18,20,28H,12-13H2,1-8H3,(H,25,30)(H,26,32). The summed E-state index contributed by atoms with van der Waals surface area (Å²) in [6.07, 6.45) is -0.873. The molecule has 2 unspecified atom stereocenters. The normalized spacial score (nSPS) is 13.0. The topological polar surface area (TPSA) is 134 Å². The molecule has 1 aromatic carbocycles. The number of aryl methyl sites for hydroxylation is 2. The summed E-state index contributed by atoms with van der Waals surface area (Å²) in [6.45, 7) is 11.1. The molecule has 0 spiro atoms. The van der Waals surface area contributed by atoms with Gasteiger partial charge in [-0.05, 0) is 54.0 Å². The van der Waals surface area contributed by atoms with Crippen molar-refractivity contribution in [2.45, 2.75) is 72.2 Å². The number of benzene rings is 1. The van der Waals surface area contributed by atoms with Crippen molar-refractivity contribution in [2.24, 2.45) is 0 Å². The second-order valence-corrected chi connectivity index (χ2v) is 9.34. The summed E-state index contributed by atoms with van der Waals surface area (Å²) in [7, 11) is 1.20. The van der Waals surface area contributed by atoms with Crippen LogP contribution in [0.5, 0.6) is 0 Å². The van der Waals surface area contributed by atoms with Gasteiger partial charge < -0.3 is 30.1 Å². The lowest BCUT2D eigenvalue weighted by Gasteiger charge is -2.37. The summed E-state index contributed by atoms with van der Waals surface area (Å²) < 4.78 is 9.79. The molecule has 0 radical (unpaired) electrons. The fraction of sp³-hybridized carbons (Fsp3) is 0.583. The molecule has 1 rings (SSSR count). The average Bonchev–Trinajstić information content (AvgIpc) is 2.70. The van der Waals surface area contributed by atoms with Gasteiger partial charge in [-0.3, -0.25) is 14.4 Å². The molecule has 190 valence electrons. The van der Waals surface area contributed by atoms with Gasteiger partial charge in [-0.2, -0.15) is 0 Å². The Labute approximate surface area is 201 Å². The van der Waals surface area contributed by atoms with Crippen LogP contribution in [0.25, 0.3) is 0 Å². The number of carbonyl (C=O) groups excluding carboxylic acids is 4. The molecule has 10 nitrogen and oxygen atoms in total. The highest BCUT2D eigenvalue weighted by Crippen LogP contribution is 2.27. The number of alkyl carbamates (subject to hydrolysis) is 1. The van der Waals surface area contributed by atoms with Crippen LogP contribution in [0.2, 0.25) is 0 Å². The predicted octanol–water partition coefficient (Wildman–Crippen LogP) is 1.76. The van der Waals surface area contributed by atoms with E-state index in [9.17, 15) is 24.3 Å². The van der Waals surface area contributed by atoms with E-state index in [1.165, 1.54) is 12.0 Å². The number of aliphatic hydroxyl groups excluding tert-OH is 1. The van der Waals surface area contributed by atoms with E-state index < -0.39 is 54.2 Å². The molecule has 0 heterocycles. The highest BCUT2D eigenvalue weighted by Gasteiger charge is 2.38. The van der Waals surface area contributed by atoms with Gasteiger partial charge in [0.1, 0.15) is 24.2 Å². The molecule has 10 heteroatoms. The van der Waals surface area contributed by atoms with E-state index >= 15 is 0 Å². The average molecular weight is 480 g/mol. The molecule has 0 saturated heterocycles. The van der Waals surface area contributed by atoms with Crippen molar-refractivity contribution in [1.82, 2.24) is 15.5 Å². The summed E-state index contributed by atoms with van der Waals surface area (Å²) in [6, 6.07) is 2.48. The number of hydrogen-bond acceptors (Lipinski definition) is 7. The molecule has 0 aliphatic carbocycles. The fourth-order valence-corrected chi connectivity index (χ4v) is 3.43. The molecule has 0 bridgehead atoms. The summed E-state index contributed by atoms with van der Waals surface area (Å²) in [4.78, 5) is 51.9. The van der Waals surface area contributed by atoms with Crippen LogP contribution >= 0.6 is 0 Å². The monoisotopic (exact) mass is 479 g/mol. The lowest BCUT2D eigenvalue weighted by atomic mass is 9.97. The summed E-state index contributed by atoms with van der Waals surface area (Å²) in [5, 5.41) is 14.8. The van der Waals surface area contributed by atoms with Gasteiger partial charge in [-0.15, -0.1) is 0 Å². The third kappa shape index (κ3) is 8.66. The van der Waals surface area contributed by atoms with Gasteiger partial charge in [-0.25, -0.2) is 4.79 Å². The fourth-order valence-electron chi connectivity index (χ4n) is 3.43. The Kier molecular flexibility index (Phi) is 10.5. The van der Waals surface area contributed by atoms with E-state index in [1.54, 1.807) is 46.8 Å². The Hall–Kier alpha value is -3.14. The summed E-state index contributed by atoms with van der Waals surface area (Å²) in [5.41, 5.74) is 1.47. The van der Waals surface area contributed by atoms with E-state index in [-0.39, 0.29) is 6.54 Å². The smallest absolute Gasteiger partial charge is 0.408 e. The maximum atomic E-state index is 13.5. The van der Waals surface area contributed by atoms with Gasteiger partial charge >= 0.3 is 12.1 Å². The number of methoxy groups -OCH3 is 1. The van der Waals surface area contributed by atoms with Crippen molar-refractivity contribution in [1.29, 1.82) is 0 Å². The maximum Gasteiger partial charge on any atom is 0.408 e. The molecule has 0 fully saturated rings. The molecule has 3 N–H and O–H groups in total. The van der Waals surface area contributed by atoms with E-state index in [0.29, 0.717) is 5.56 Å². The van der Waals surface area contributed by atoms with Crippen LogP contribution in [-0.2, 0) is 23.9 Å². The third-order valence-corrected chi connectivity index (χ3v) is 4.70. The van der Waals surface area contributed by atoms with Gasteiger partial charge in [0.15, 0.2) is 0 Å². The first-order chi connectivity index (χ1) is 15.7. The third-order valence-electron chi connectivity index (χ3n) is 4.70. The lowest BCUT2D eigenvalue weighted by molar-refractivity contribution is -0.146. The van der Waals surface area contributed by atoms with Gasteiger partial charge in [0.05, 0.1) is 13.7 Å². The van der Waals surface area contributed by atoms with Crippen LogP contribution in [0.4, 0.5) is 4.79 Å². The van der Waals surface area contributed by atoms with Crippen molar-refractivity contribution in [3.63, 3.8) is 0 Å². The van der Waals surface area contributed by atoms with E-state index in [1.807, 2.05) is 19.9 Å². The van der Waals surface area contributed by atoms with Gasteiger partial charge in [0.2, 0.25) is 11.8 Å². The van der Waals surface area contributed by atoms with Crippen molar-refractivity contribution < 1.29 is 33.8 Å². The number of esters is 1. The number of hydrogen-bond donors (Lipinski definition) is 3. The van der Waals surface area contributed by atoms with Crippen LogP contribution in [0.3, 0.4) is 0 Å². The van der Waals surface area contributed by atoms with E-state index in [0.717, 1.165) is 11.1 Å². The highest BCUT2D eigenvalue weighted by molar-refractivity contribution is 5.93. The number of aliphatic hydroxyl groups is 1. The number of rotatable bonds is 9. The molecule has 1 aromatic rings. The van der Waals surface area contributed by atoms with Crippen LogP contribution < -0.4 is 10.6 Å². The Morgan fingerprint density at radius 2 is 1.62 bits per heavy atom. The van der Waals surface area contributed by atoms with E-state index in [2.05, 4.69) is 15.4 Å². The Morgan fingerprint density at radius 3 is 2.06 bits per heavy atom. The molecule has 0 aliphatic heterocycles. The number of ether oxygens (including phenoxy) is 2. The summed E-state index contributed by atoms with van der Waals surface area (Å²) in [5.74, 6) is -1.93. The Balaban J connectivity index is 3.41. The Bertz CT molecular complexity index is 873. The zero-order valence-electron chi connectivity index (χ0n) is 21.2. The van der Waals surface area contributed by atoms with Crippen LogP contribution in [0.15, 0.2) is 18.2 Å². The van der Waals surface area contributed by atoms with Gasteiger partial charge in [-0.1, -0.05) is 29.3 Å². The maximum absolute atomic E-state index is 13.5. The molecule has 0 aromatic heterocycles. The largest absolute Gasteiger partial charge is 0.468 e. The number of carbonyl (C=O) groups is 4. The first kappa shape index (κ1) is 28.9. The Morgan fingerprint density at radius 1 is 1.06 bits per heavy atom. The summed E-state index contributed by atoms with van der Waals surface area (Å²) >= 11 is 0. The van der Waals surface area contributed by atoms with Crippen LogP contribution in [0.1, 0.15) is 57.4 Å². The predicted molar refractivity (Wildman–Crippen MR) is 126 cm³/mol. The minimum Gasteiger partial charge on any atom is -0.468 e. The quantitative estimate of drug-likeness (QED) is 0.459. The lowest BCUT2D eigenvalue weighted by Crippen LogP contribution is -2.56. The van der Waals surface area contributed by atoms with Crippen LogP contribution in [0, 0.1) is 13.8 Å². The number of nitrogens with zero attached hydrogens (tertiary/aromatic N) is 1. The highest BCUT2D eigenvalue weighted by atomic mass is 16.6. The molecule has 3 amide bonds. The zero-order valence-corrected chi connectivity index (χ0v) is 21.2. The molecule has 2 atom stereocenters. The molecule has 0 aliphatic rings. The van der Waals surface area contributed by atoms with E-state index in [4.69, 9.17) is 4.74 Å². The molecular formula is C24H37N3O7. The van der Waals surface area contributed by atoms with Gasteiger partial charge in [0, 0.05) is 6.04 Å². The minimum atomic E-state index is -1.35.